The first-order valence-electron chi connectivity index (χ1n) is 4.85. The Kier molecular flexibility index (Phi) is 4.56. The summed E-state index contributed by atoms with van der Waals surface area (Å²) >= 11 is 3.13. The zero-order valence-corrected chi connectivity index (χ0v) is 10.7. The number of rotatable bonds is 3. The van der Waals surface area contributed by atoms with Gasteiger partial charge in [0.05, 0.1) is 11.1 Å². The van der Waals surface area contributed by atoms with Gasteiger partial charge in [-0.25, -0.2) is 0 Å². The number of halogens is 4. The van der Waals surface area contributed by atoms with Crippen LogP contribution in [0.3, 0.4) is 0 Å². The summed E-state index contributed by atoms with van der Waals surface area (Å²) in [6, 6.07) is 4.79. The van der Waals surface area contributed by atoms with E-state index < -0.39 is 17.6 Å². The summed E-state index contributed by atoms with van der Waals surface area (Å²) in [6.07, 6.45) is -4.51. The number of carbonyl (C=O) groups is 1. The van der Waals surface area contributed by atoms with Gasteiger partial charge in [0.1, 0.15) is 0 Å². The molecule has 0 aliphatic carbocycles. The van der Waals surface area contributed by atoms with Crippen molar-refractivity contribution in [3.63, 3.8) is 0 Å². The molecule has 0 unspecified atom stereocenters. The summed E-state index contributed by atoms with van der Waals surface area (Å²) in [4.78, 5) is 13.1. The van der Waals surface area contributed by atoms with E-state index in [0.717, 1.165) is 6.07 Å². The minimum absolute atomic E-state index is 0.316. The summed E-state index contributed by atoms with van der Waals surface area (Å²) in [6.45, 7) is 0.352. The molecule has 0 radical (unpaired) electrons. The fourth-order valence-corrected chi connectivity index (χ4v) is 1.88. The number of benzene rings is 1. The Morgan fingerprint density at radius 3 is 2.47 bits per heavy atom. The van der Waals surface area contributed by atoms with E-state index in [9.17, 15) is 18.0 Å². The van der Waals surface area contributed by atoms with Crippen LogP contribution < -0.4 is 0 Å². The highest BCUT2D eigenvalue weighted by Gasteiger charge is 2.35. The van der Waals surface area contributed by atoms with E-state index >= 15 is 0 Å². The first-order valence-corrected chi connectivity index (χ1v) is 5.97. The van der Waals surface area contributed by atoms with Crippen LogP contribution in [-0.4, -0.2) is 29.7 Å². The fraction of sp³-hybridized carbons (Fsp3) is 0.364. The molecule has 0 fully saturated rings. The van der Waals surface area contributed by atoms with E-state index in [1.165, 1.54) is 30.1 Å². The highest BCUT2D eigenvalue weighted by Crippen LogP contribution is 2.32. The second-order valence-corrected chi connectivity index (χ2v) is 4.25. The molecule has 0 aliphatic heterocycles. The van der Waals surface area contributed by atoms with Crippen molar-refractivity contribution in [2.75, 3.05) is 18.9 Å². The molecule has 0 aliphatic rings. The topological polar surface area (TPSA) is 20.3 Å². The van der Waals surface area contributed by atoms with Crippen LogP contribution >= 0.6 is 15.9 Å². The van der Waals surface area contributed by atoms with Gasteiger partial charge in [0, 0.05) is 18.9 Å². The van der Waals surface area contributed by atoms with Gasteiger partial charge in [-0.05, 0) is 12.1 Å². The van der Waals surface area contributed by atoms with Crippen molar-refractivity contribution in [2.24, 2.45) is 0 Å². The van der Waals surface area contributed by atoms with Crippen LogP contribution in [0.1, 0.15) is 15.9 Å². The molecule has 94 valence electrons. The molecule has 1 aromatic rings. The van der Waals surface area contributed by atoms with Crippen LogP contribution in [0.4, 0.5) is 13.2 Å². The largest absolute Gasteiger partial charge is 0.417 e. The molecule has 1 aromatic carbocycles. The first kappa shape index (κ1) is 14.0. The third-order valence-corrected chi connectivity index (χ3v) is 2.58. The molecular weight excluding hydrogens is 299 g/mol. The highest BCUT2D eigenvalue weighted by molar-refractivity contribution is 9.09. The lowest BCUT2D eigenvalue weighted by Crippen LogP contribution is -2.30. The summed E-state index contributed by atoms with van der Waals surface area (Å²) in [5.41, 5.74) is -1.21. The lowest BCUT2D eigenvalue weighted by molar-refractivity contribution is -0.138. The van der Waals surface area contributed by atoms with Gasteiger partial charge in [-0.15, -0.1) is 0 Å². The molecule has 0 heterocycles. The van der Waals surface area contributed by atoms with Crippen molar-refractivity contribution >= 4 is 21.8 Å². The van der Waals surface area contributed by atoms with E-state index in [1.54, 1.807) is 0 Å². The van der Waals surface area contributed by atoms with E-state index in [2.05, 4.69) is 15.9 Å². The van der Waals surface area contributed by atoms with Gasteiger partial charge in [-0.2, -0.15) is 13.2 Å². The summed E-state index contributed by atoms with van der Waals surface area (Å²) in [5.74, 6) is -0.627. The third-order valence-electron chi connectivity index (χ3n) is 2.23. The SMILES string of the molecule is CN(CCBr)C(=O)c1ccccc1C(F)(F)F. The minimum Gasteiger partial charge on any atom is -0.341 e. The number of nitrogens with zero attached hydrogens (tertiary/aromatic N) is 1. The van der Waals surface area contributed by atoms with Crippen molar-refractivity contribution in [1.29, 1.82) is 0 Å². The monoisotopic (exact) mass is 309 g/mol. The van der Waals surface area contributed by atoms with E-state index in [1.807, 2.05) is 0 Å². The third kappa shape index (κ3) is 3.46. The van der Waals surface area contributed by atoms with Crippen LogP contribution in [-0.2, 0) is 6.18 Å². The Hall–Kier alpha value is -1.04. The zero-order valence-electron chi connectivity index (χ0n) is 9.09. The molecular formula is C11H11BrF3NO. The molecule has 0 bridgehead atoms. The first-order chi connectivity index (χ1) is 7.88. The molecule has 0 atom stereocenters. The molecule has 0 spiro atoms. The molecule has 17 heavy (non-hydrogen) atoms. The number of hydrogen-bond donors (Lipinski definition) is 0. The van der Waals surface area contributed by atoms with Gasteiger partial charge in [0.2, 0.25) is 0 Å². The van der Waals surface area contributed by atoms with Crippen molar-refractivity contribution in [2.45, 2.75) is 6.18 Å². The molecule has 0 N–H and O–H groups in total. The molecule has 0 aromatic heterocycles. The average Bonchev–Trinajstić information content (AvgIpc) is 2.27. The molecule has 2 nitrogen and oxygen atoms in total. The Bertz CT molecular complexity index is 406. The smallest absolute Gasteiger partial charge is 0.341 e. The number of alkyl halides is 4. The van der Waals surface area contributed by atoms with Crippen LogP contribution in [0.25, 0.3) is 0 Å². The summed E-state index contributed by atoms with van der Waals surface area (Å²) in [5, 5.41) is 0.517. The minimum atomic E-state index is -4.51. The van der Waals surface area contributed by atoms with E-state index in [4.69, 9.17) is 0 Å². The van der Waals surface area contributed by atoms with E-state index in [-0.39, 0.29) is 5.56 Å². The lowest BCUT2D eigenvalue weighted by Gasteiger charge is -2.18. The Morgan fingerprint density at radius 2 is 1.94 bits per heavy atom. The number of carbonyl (C=O) groups excluding carboxylic acids is 1. The van der Waals surface area contributed by atoms with Gasteiger partial charge in [0.15, 0.2) is 0 Å². The maximum Gasteiger partial charge on any atom is 0.417 e. The Balaban J connectivity index is 3.10. The second-order valence-electron chi connectivity index (χ2n) is 3.46. The molecule has 0 saturated heterocycles. The fourth-order valence-electron chi connectivity index (χ4n) is 1.35. The molecule has 1 amide bonds. The molecule has 6 heteroatoms. The van der Waals surface area contributed by atoms with Crippen LogP contribution in [0.5, 0.6) is 0 Å². The predicted octanol–water partition coefficient (Wildman–Crippen LogP) is 3.17. The highest BCUT2D eigenvalue weighted by atomic mass is 79.9. The van der Waals surface area contributed by atoms with Crippen LogP contribution in [0.2, 0.25) is 0 Å². The van der Waals surface area contributed by atoms with Gasteiger partial charge in [-0.1, -0.05) is 28.1 Å². The zero-order chi connectivity index (χ0) is 13.1. The normalized spacial score (nSPS) is 11.4. The Morgan fingerprint density at radius 1 is 1.35 bits per heavy atom. The number of hydrogen-bond acceptors (Lipinski definition) is 1. The maximum absolute atomic E-state index is 12.7. The van der Waals surface area contributed by atoms with Crippen molar-refractivity contribution in [3.8, 4) is 0 Å². The van der Waals surface area contributed by atoms with Gasteiger partial charge in [0.25, 0.3) is 5.91 Å². The average molecular weight is 310 g/mol. The quantitative estimate of drug-likeness (QED) is 0.785. The molecule has 1 rings (SSSR count). The second kappa shape index (κ2) is 5.53. The summed E-state index contributed by atoms with van der Waals surface area (Å²) in [7, 11) is 1.47. The van der Waals surface area contributed by atoms with Crippen molar-refractivity contribution in [3.05, 3.63) is 35.4 Å². The summed E-state index contributed by atoms with van der Waals surface area (Å²) < 4.78 is 38.0. The molecule has 0 saturated carbocycles. The van der Waals surface area contributed by atoms with Gasteiger partial charge >= 0.3 is 6.18 Å². The van der Waals surface area contributed by atoms with Crippen molar-refractivity contribution < 1.29 is 18.0 Å². The standard InChI is InChI=1S/C11H11BrF3NO/c1-16(7-6-12)10(17)8-4-2-3-5-9(8)11(13,14)15/h2-5H,6-7H2,1H3. The van der Waals surface area contributed by atoms with Crippen LogP contribution in [0, 0.1) is 0 Å². The van der Waals surface area contributed by atoms with Gasteiger partial charge in [-0.3, -0.25) is 4.79 Å². The maximum atomic E-state index is 12.7. The Labute approximate surface area is 106 Å². The van der Waals surface area contributed by atoms with Gasteiger partial charge < -0.3 is 4.90 Å². The van der Waals surface area contributed by atoms with E-state index in [0.29, 0.717) is 11.9 Å². The predicted molar refractivity (Wildman–Crippen MR) is 62.2 cm³/mol. The lowest BCUT2D eigenvalue weighted by atomic mass is 10.1. The van der Waals surface area contributed by atoms with Crippen LogP contribution in [0.15, 0.2) is 24.3 Å². The number of amides is 1. The van der Waals surface area contributed by atoms with Crippen molar-refractivity contribution in [1.82, 2.24) is 4.90 Å².